The SMILES string of the molecule is CCO[P+](=O)C(OS(C)(=O)=O)C(C)=O. The van der Waals surface area contributed by atoms with E-state index in [2.05, 4.69) is 8.71 Å². The molecule has 8 heteroatoms. The molecule has 0 N–H and O–H groups in total. The van der Waals surface area contributed by atoms with Crippen molar-refractivity contribution in [3.05, 3.63) is 0 Å². The first-order chi connectivity index (χ1) is 6.28. The number of hydrogen-bond donors (Lipinski definition) is 0. The summed E-state index contributed by atoms with van der Waals surface area (Å²) in [7, 11) is -6.27. The maximum Gasteiger partial charge on any atom is 0.550 e. The summed E-state index contributed by atoms with van der Waals surface area (Å²) >= 11 is 0. The molecule has 0 bridgehead atoms. The monoisotopic (exact) mass is 243 g/mol. The van der Waals surface area contributed by atoms with E-state index in [0.29, 0.717) is 0 Å². The third-order valence-corrected chi connectivity index (χ3v) is 3.11. The third-order valence-electron chi connectivity index (χ3n) is 1.06. The predicted octanol–water partition coefficient (Wildman–Crippen LogP) is 0.657. The lowest BCUT2D eigenvalue weighted by Gasteiger charge is -2.01. The van der Waals surface area contributed by atoms with Crippen LogP contribution < -0.4 is 0 Å². The molecule has 2 atom stereocenters. The molecule has 0 aliphatic rings. The lowest BCUT2D eigenvalue weighted by Crippen LogP contribution is -2.22. The highest BCUT2D eigenvalue weighted by Gasteiger charge is 2.41. The highest BCUT2D eigenvalue weighted by molar-refractivity contribution is 7.86. The molecule has 14 heavy (non-hydrogen) atoms. The van der Waals surface area contributed by atoms with Crippen molar-refractivity contribution in [2.24, 2.45) is 0 Å². The lowest BCUT2D eigenvalue weighted by atomic mass is 10.5. The van der Waals surface area contributed by atoms with Crippen molar-refractivity contribution in [1.29, 1.82) is 0 Å². The molecule has 82 valence electrons. The van der Waals surface area contributed by atoms with Crippen molar-refractivity contribution in [1.82, 2.24) is 0 Å². The van der Waals surface area contributed by atoms with Crippen molar-refractivity contribution in [3.63, 3.8) is 0 Å². The fourth-order valence-corrected chi connectivity index (χ4v) is 2.52. The number of rotatable bonds is 6. The molecular weight excluding hydrogens is 231 g/mol. The maximum absolute atomic E-state index is 11.2. The predicted molar refractivity (Wildman–Crippen MR) is 49.6 cm³/mol. The zero-order valence-corrected chi connectivity index (χ0v) is 9.80. The molecule has 0 aromatic carbocycles. The Morgan fingerprint density at radius 2 is 2.00 bits per heavy atom. The molecule has 0 rings (SSSR count). The standard InChI is InChI=1S/C6H12O6PS/c1-4-11-13(8)6(5(2)7)12-14(3,9)10/h6H,4H2,1-3H3/q+1. The normalized spacial score (nSPS) is 14.9. The van der Waals surface area contributed by atoms with Crippen LogP contribution >= 0.6 is 8.03 Å². The Bertz CT molecular complexity index is 321. The largest absolute Gasteiger partial charge is 0.550 e. The number of carbonyl (C=O) groups is 1. The first-order valence-corrected chi connectivity index (χ1v) is 6.82. The first-order valence-electron chi connectivity index (χ1n) is 3.76. The number of Topliss-reactive ketones (excluding diaryl/α,β-unsaturated/α-hetero) is 1. The Labute approximate surface area is 83.6 Å². The third kappa shape index (κ3) is 5.39. The Hall–Kier alpha value is -0.360. The van der Waals surface area contributed by atoms with Crippen molar-refractivity contribution in [2.45, 2.75) is 19.7 Å². The quantitative estimate of drug-likeness (QED) is 0.503. The van der Waals surface area contributed by atoms with Gasteiger partial charge >= 0.3 is 13.9 Å². The fourth-order valence-electron chi connectivity index (χ4n) is 0.612. The minimum Gasteiger partial charge on any atom is -0.292 e. The van der Waals surface area contributed by atoms with Gasteiger partial charge in [0.2, 0.25) is 5.78 Å². The van der Waals surface area contributed by atoms with Gasteiger partial charge in [0.1, 0.15) is 0 Å². The van der Waals surface area contributed by atoms with Gasteiger partial charge < -0.3 is 0 Å². The summed E-state index contributed by atoms with van der Waals surface area (Å²) in [4.78, 5) is 10.9. The van der Waals surface area contributed by atoms with Gasteiger partial charge in [-0.15, -0.1) is 4.52 Å². The van der Waals surface area contributed by atoms with Gasteiger partial charge in [-0.25, -0.2) is 4.18 Å². The van der Waals surface area contributed by atoms with Crippen LogP contribution in [0, 0.1) is 0 Å². The summed E-state index contributed by atoms with van der Waals surface area (Å²) in [6.45, 7) is 2.78. The number of ketones is 1. The van der Waals surface area contributed by atoms with Crippen LogP contribution in [0.5, 0.6) is 0 Å². The average Bonchev–Trinajstić information content (AvgIpc) is 1.98. The van der Waals surface area contributed by atoms with Gasteiger partial charge in [-0.3, -0.25) is 4.79 Å². The van der Waals surface area contributed by atoms with Crippen LogP contribution in [0.15, 0.2) is 0 Å². The lowest BCUT2D eigenvalue weighted by molar-refractivity contribution is -0.120. The summed E-state index contributed by atoms with van der Waals surface area (Å²) < 4.78 is 41.5. The second-order valence-corrected chi connectivity index (χ2v) is 5.37. The molecule has 0 aliphatic carbocycles. The van der Waals surface area contributed by atoms with Crippen molar-refractivity contribution in [2.75, 3.05) is 12.9 Å². The molecule has 0 heterocycles. The van der Waals surface area contributed by atoms with E-state index < -0.39 is 29.8 Å². The van der Waals surface area contributed by atoms with Gasteiger partial charge in [-0.1, -0.05) is 0 Å². The first kappa shape index (κ1) is 13.6. The van der Waals surface area contributed by atoms with E-state index in [4.69, 9.17) is 0 Å². The fraction of sp³-hybridized carbons (Fsp3) is 0.833. The van der Waals surface area contributed by atoms with Crippen LogP contribution in [-0.4, -0.2) is 32.9 Å². The Balaban J connectivity index is 4.62. The molecule has 0 aromatic heterocycles. The van der Waals surface area contributed by atoms with E-state index in [9.17, 15) is 17.8 Å². The van der Waals surface area contributed by atoms with Gasteiger partial charge in [0.15, 0.2) is 0 Å². The van der Waals surface area contributed by atoms with Crippen LogP contribution in [-0.2, 0) is 28.2 Å². The zero-order valence-electron chi connectivity index (χ0n) is 8.09. The van der Waals surface area contributed by atoms with Crippen LogP contribution in [0.4, 0.5) is 0 Å². The van der Waals surface area contributed by atoms with Crippen LogP contribution in [0.3, 0.4) is 0 Å². The maximum atomic E-state index is 11.2. The van der Waals surface area contributed by atoms with Gasteiger partial charge in [-0.05, 0) is 11.5 Å². The molecule has 0 spiro atoms. The molecular formula is C6H12O6PS+. The van der Waals surface area contributed by atoms with Crippen molar-refractivity contribution in [3.8, 4) is 0 Å². The summed E-state index contributed by atoms with van der Waals surface area (Å²) in [6, 6.07) is 0. The minimum absolute atomic E-state index is 0.117. The van der Waals surface area contributed by atoms with E-state index in [1.165, 1.54) is 0 Å². The van der Waals surface area contributed by atoms with E-state index in [0.717, 1.165) is 13.2 Å². The van der Waals surface area contributed by atoms with E-state index in [-0.39, 0.29) is 6.61 Å². The Morgan fingerprint density at radius 1 is 1.50 bits per heavy atom. The number of hydrogen-bond acceptors (Lipinski definition) is 6. The average molecular weight is 243 g/mol. The molecule has 0 aromatic rings. The van der Waals surface area contributed by atoms with Crippen molar-refractivity contribution >= 4 is 23.9 Å². The number of carbonyl (C=O) groups excluding carboxylic acids is 1. The van der Waals surface area contributed by atoms with Gasteiger partial charge in [0, 0.05) is 6.92 Å². The highest BCUT2D eigenvalue weighted by atomic mass is 32.2. The van der Waals surface area contributed by atoms with Crippen molar-refractivity contribution < 1.29 is 26.5 Å². The molecule has 0 radical (unpaired) electrons. The summed E-state index contributed by atoms with van der Waals surface area (Å²) in [5, 5.41) is 0. The van der Waals surface area contributed by atoms with Crippen LogP contribution in [0.1, 0.15) is 13.8 Å². The molecule has 0 aliphatic heterocycles. The molecule has 0 amide bonds. The molecule has 2 unspecified atom stereocenters. The summed E-state index contributed by atoms with van der Waals surface area (Å²) in [5.74, 6) is -2.19. The molecule has 0 saturated carbocycles. The Morgan fingerprint density at radius 3 is 2.29 bits per heavy atom. The highest BCUT2D eigenvalue weighted by Crippen LogP contribution is 2.31. The van der Waals surface area contributed by atoms with Gasteiger partial charge in [0.05, 0.1) is 12.9 Å². The summed E-state index contributed by atoms with van der Waals surface area (Å²) in [5.41, 5.74) is 0. The van der Waals surface area contributed by atoms with Crippen LogP contribution in [0.25, 0.3) is 0 Å². The molecule has 6 nitrogen and oxygen atoms in total. The second-order valence-electron chi connectivity index (χ2n) is 2.47. The van der Waals surface area contributed by atoms with Gasteiger partial charge in [0.25, 0.3) is 10.1 Å². The molecule has 0 fully saturated rings. The minimum atomic E-state index is -3.82. The Kier molecular flexibility index (Phi) is 5.36. The second kappa shape index (κ2) is 5.50. The van der Waals surface area contributed by atoms with E-state index in [1.54, 1.807) is 6.92 Å². The molecule has 0 saturated heterocycles. The van der Waals surface area contributed by atoms with Gasteiger partial charge in [-0.2, -0.15) is 8.42 Å². The smallest absolute Gasteiger partial charge is 0.292 e. The zero-order chi connectivity index (χ0) is 11.4. The van der Waals surface area contributed by atoms with E-state index >= 15 is 0 Å². The summed E-state index contributed by atoms with van der Waals surface area (Å²) in [6.07, 6.45) is 0.776. The van der Waals surface area contributed by atoms with Crippen LogP contribution in [0.2, 0.25) is 0 Å². The van der Waals surface area contributed by atoms with E-state index in [1.807, 2.05) is 0 Å². The topological polar surface area (TPSA) is 86.7 Å².